The summed E-state index contributed by atoms with van der Waals surface area (Å²) in [4.78, 5) is 12.4. The zero-order chi connectivity index (χ0) is 13.9. The van der Waals surface area contributed by atoms with E-state index < -0.39 is 0 Å². The van der Waals surface area contributed by atoms with Gasteiger partial charge in [0.1, 0.15) is 6.61 Å². The molecule has 3 unspecified atom stereocenters. The summed E-state index contributed by atoms with van der Waals surface area (Å²) >= 11 is 0. The van der Waals surface area contributed by atoms with Crippen LogP contribution in [0.25, 0.3) is 0 Å². The van der Waals surface area contributed by atoms with Crippen molar-refractivity contribution in [1.82, 2.24) is 5.32 Å². The number of carbonyl (C=O) groups is 1. The molecule has 2 saturated heterocycles. The molecule has 1 aromatic rings. The van der Waals surface area contributed by atoms with E-state index in [-0.39, 0.29) is 24.7 Å². The van der Waals surface area contributed by atoms with Crippen molar-refractivity contribution < 1.29 is 14.6 Å². The third-order valence-electron chi connectivity index (χ3n) is 3.90. The second-order valence-electron chi connectivity index (χ2n) is 5.20. The van der Waals surface area contributed by atoms with E-state index in [0.717, 1.165) is 19.3 Å². The van der Waals surface area contributed by atoms with Gasteiger partial charge in [-0.25, -0.2) is 0 Å². The van der Waals surface area contributed by atoms with E-state index in [1.807, 2.05) is 12.1 Å². The summed E-state index contributed by atoms with van der Waals surface area (Å²) in [5.41, 5.74) is 1.19. The number of benzene rings is 1. The maximum absolute atomic E-state index is 12.4. The van der Waals surface area contributed by atoms with Crippen molar-refractivity contribution in [3.63, 3.8) is 0 Å². The number of amides is 1. The lowest BCUT2D eigenvalue weighted by Gasteiger charge is -2.20. The summed E-state index contributed by atoms with van der Waals surface area (Å²) in [6.45, 7) is -0.212. The van der Waals surface area contributed by atoms with E-state index in [9.17, 15) is 4.79 Å². The maximum Gasteiger partial charge on any atom is 0.252 e. The Labute approximate surface area is 118 Å². The number of rotatable bonds is 2. The van der Waals surface area contributed by atoms with Gasteiger partial charge in [-0.1, -0.05) is 24.0 Å². The molecule has 4 heteroatoms. The lowest BCUT2D eigenvalue weighted by Crippen LogP contribution is -2.41. The van der Waals surface area contributed by atoms with Gasteiger partial charge in [0.15, 0.2) is 0 Å². The molecule has 2 bridgehead atoms. The lowest BCUT2D eigenvalue weighted by molar-refractivity contribution is 0.0840. The summed E-state index contributed by atoms with van der Waals surface area (Å²) in [5.74, 6) is 5.28. The van der Waals surface area contributed by atoms with Crippen LogP contribution < -0.4 is 5.32 Å². The first-order valence-corrected chi connectivity index (χ1v) is 6.93. The Bertz CT molecular complexity index is 573. The van der Waals surface area contributed by atoms with Crippen LogP contribution >= 0.6 is 0 Å². The summed E-state index contributed by atoms with van der Waals surface area (Å²) in [7, 11) is 0. The van der Waals surface area contributed by atoms with Crippen molar-refractivity contribution in [3.05, 3.63) is 35.4 Å². The molecule has 4 nitrogen and oxygen atoms in total. The fourth-order valence-electron chi connectivity index (χ4n) is 2.96. The van der Waals surface area contributed by atoms with Gasteiger partial charge in [0, 0.05) is 5.56 Å². The minimum atomic E-state index is -0.212. The highest BCUT2D eigenvalue weighted by Crippen LogP contribution is 2.34. The first kappa shape index (κ1) is 13.2. The van der Waals surface area contributed by atoms with Gasteiger partial charge in [-0.15, -0.1) is 0 Å². The van der Waals surface area contributed by atoms with E-state index in [1.54, 1.807) is 12.1 Å². The highest BCUT2D eigenvalue weighted by atomic mass is 16.5. The Kier molecular flexibility index (Phi) is 3.72. The van der Waals surface area contributed by atoms with Gasteiger partial charge in [-0.05, 0) is 31.4 Å². The number of nitrogens with one attached hydrogen (secondary N) is 1. The second kappa shape index (κ2) is 5.66. The van der Waals surface area contributed by atoms with Gasteiger partial charge in [-0.2, -0.15) is 0 Å². The van der Waals surface area contributed by atoms with Crippen molar-refractivity contribution in [2.24, 2.45) is 0 Å². The molecular formula is C16H17NO3. The monoisotopic (exact) mass is 271 g/mol. The van der Waals surface area contributed by atoms with Gasteiger partial charge in [-0.3, -0.25) is 4.79 Å². The van der Waals surface area contributed by atoms with Crippen molar-refractivity contribution in [3.8, 4) is 11.8 Å². The molecule has 1 amide bonds. The third-order valence-corrected chi connectivity index (χ3v) is 3.90. The average molecular weight is 271 g/mol. The first-order valence-electron chi connectivity index (χ1n) is 6.93. The smallest absolute Gasteiger partial charge is 0.252 e. The van der Waals surface area contributed by atoms with Crippen molar-refractivity contribution in [2.75, 3.05) is 6.61 Å². The third kappa shape index (κ3) is 2.55. The molecule has 20 heavy (non-hydrogen) atoms. The Morgan fingerprint density at radius 2 is 2.25 bits per heavy atom. The molecule has 0 aromatic heterocycles. The van der Waals surface area contributed by atoms with E-state index in [2.05, 4.69) is 17.2 Å². The van der Waals surface area contributed by atoms with E-state index in [4.69, 9.17) is 9.84 Å². The van der Waals surface area contributed by atoms with E-state index >= 15 is 0 Å². The topological polar surface area (TPSA) is 58.6 Å². The SMILES string of the molecule is O=C(NC1CC2CCC1O2)c1ccccc1C#CCO. The van der Waals surface area contributed by atoms with Crippen molar-refractivity contribution in [1.29, 1.82) is 0 Å². The number of carbonyl (C=O) groups excluding carboxylic acids is 1. The zero-order valence-electron chi connectivity index (χ0n) is 11.1. The van der Waals surface area contributed by atoms with Gasteiger partial charge in [0.25, 0.3) is 5.91 Å². The summed E-state index contributed by atoms with van der Waals surface area (Å²) in [6, 6.07) is 7.30. The van der Waals surface area contributed by atoms with E-state index in [1.165, 1.54) is 0 Å². The largest absolute Gasteiger partial charge is 0.384 e. The Morgan fingerprint density at radius 1 is 1.40 bits per heavy atom. The van der Waals surface area contributed by atoms with Crippen LogP contribution in [0.15, 0.2) is 24.3 Å². The summed E-state index contributed by atoms with van der Waals surface area (Å²) < 4.78 is 5.74. The first-order chi connectivity index (χ1) is 9.78. The highest BCUT2D eigenvalue weighted by Gasteiger charge is 2.41. The van der Waals surface area contributed by atoms with E-state index in [0.29, 0.717) is 17.2 Å². The Hall–Kier alpha value is -1.83. The molecule has 0 aliphatic carbocycles. The maximum atomic E-state index is 12.4. The normalized spacial score (nSPS) is 26.9. The number of aliphatic hydroxyl groups excluding tert-OH is 1. The van der Waals surface area contributed by atoms with Crippen LogP contribution in [0.5, 0.6) is 0 Å². The number of hydrogen-bond acceptors (Lipinski definition) is 3. The minimum absolute atomic E-state index is 0.111. The molecule has 3 rings (SSSR count). The molecule has 3 atom stereocenters. The number of fused-ring (bicyclic) bond motifs is 2. The molecule has 0 spiro atoms. The molecule has 2 N–H and O–H groups in total. The van der Waals surface area contributed by atoms with Crippen molar-refractivity contribution in [2.45, 2.75) is 37.5 Å². The summed E-state index contributed by atoms with van der Waals surface area (Å²) in [5, 5.41) is 11.8. The quantitative estimate of drug-likeness (QED) is 0.791. The highest BCUT2D eigenvalue weighted by molar-refractivity contribution is 5.97. The van der Waals surface area contributed by atoms with Gasteiger partial charge >= 0.3 is 0 Å². The minimum Gasteiger partial charge on any atom is -0.384 e. The van der Waals surface area contributed by atoms with Crippen LogP contribution in [0.4, 0.5) is 0 Å². The fourth-order valence-corrected chi connectivity index (χ4v) is 2.96. The molecule has 0 saturated carbocycles. The van der Waals surface area contributed by atoms with Gasteiger partial charge < -0.3 is 15.2 Å². The number of hydrogen-bond donors (Lipinski definition) is 2. The molecular weight excluding hydrogens is 254 g/mol. The van der Waals surface area contributed by atoms with Gasteiger partial charge in [0.2, 0.25) is 0 Å². The molecule has 2 fully saturated rings. The van der Waals surface area contributed by atoms with Crippen LogP contribution in [-0.4, -0.2) is 35.9 Å². The predicted octanol–water partition coefficient (Wildman–Crippen LogP) is 1.08. The summed E-state index contributed by atoms with van der Waals surface area (Å²) in [6.07, 6.45) is 3.52. The van der Waals surface area contributed by atoms with Crippen LogP contribution in [-0.2, 0) is 4.74 Å². The fraction of sp³-hybridized carbons (Fsp3) is 0.438. The Morgan fingerprint density at radius 3 is 2.95 bits per heavy atom. The van der Waals surface area contributed by atoms with Crippen LogP contribution in [0.3, 0.4) is 0 Å². The average Bonchev–Trinajstić information content (AvgIpc) is 3.08. The number of ether oxygens (including phenoxy) is 1. The lowest BCUT2D eigenvalue weighted by atomic mass is 9.95. The molecule has 2 aliphatic rings. The zero-order valence-corrected chi connectivity index (χ0v) is 11.1. The van der Waals surface area contributed by atoms with Crippen LogP contribution in [0.2, 0.25) is 0 Å². The second-order valence-corrected chi connectivity index (χ2v) is 5.20. The molecule has 2 aliphatic heterocycles. The molecule has 104 valence electrons. The molecule has 2 heterocycles. The van der Waals surface area contributed by atoms with Crippen LogP contribution in [0.1, 0.15) is 35.2 Å². The van der Waals surface area contributed by atoms with Crippen LogP contribution in [0, 0.1) is 11.8 Å². The molecule has 1 aromatic carbocycles. The van der Waals surface area contributed by atoms with Crippen molar-refractivity contribution >= 4 is 5.91 Å². The number of aliphatic hydroxyl groups is 1. The molecule has 0 radical (unpaired) electrons. The predicted molar refractivity (Wildman–Crippen MR) is 74.2 cm³/mol. The Balaban J connectivity index is 1.74. The van der Waals surface area contributed by atoms with Gasteiger partial charge in [0.05, 0.1) is 23.8 Å². The standard InChI is InChI=1S/C16H17NO3/c18-9-3-5-11-4-1-2-6-13(11)16(19)17-14-10-12-7-8-15(14)20-12/h1-2,4,6,12,14-15,18H,7-10H2,(H,17,19).